The SMILES string of the molecule is C=C(/C=C/CC[C@@H](C)OC1O[C@@H](C)C(O)C[C@H]1C)OC(C)C. The summed E-state index contributed by atoms with van der Waals surface area (Å²) in [7, 11) is 0. The Morgan fingerprint density at radius 3 is 2.68 bits per heavy atom. The van der Waals surface area contributed by atoms with Crippen molar-refractivity contribution in [3.8, 4) is 0 Å². The molecule has 1 aliphatic rings. The van der Waals surface area contributed by atoms with Crippen molar-refractivity contribution in [3.05, 3.63) is 24.5 Å². The first-order valence-electron chi connectivity index (χ1n) is 8.30. The second kappa shape index (κ2) is 9.33. The molecule has 4 nitrogen and oxygen atoms in total. The Morgan fingerprint density at radius 1 is 1.36 bits per heavy atom. The topological polar surface area (TPSA) is 47.9 Å². The molecule has 0 aromatic carbocycles. The van der Waals surface area contributed by atoms with Crippen LogP contribution in [0.2, 0.25) is 0 Å². The van der Waals surface area contributed by atoms with Gasteiger partial charge in [0.05, 0.1) is 24.4 Å². The summed E-state index contributed by atoms with van der Waals surface area (Å²) in [4.78, 5) is 0. The average molecular weight is 312 g/mol. The lowest BCUT2D eigenvalue weighted by atomic mass is 9.96. The van der Waals surface area contributed by atoms with Crippen molar-refractivity contribution in [3.63, 3.8) is 0 Å². The molecular weight excluding hydrogens is 280 g/mol. The molecule has 1 rings (SSSR count). The van der Waals surface area contributed by atoms with E-state index >= 15 is 0 Å². The van der Waals surface area contributed by atoms with E-state index in [2.05, 4.69) is 26.5 Å². The van der Waals surface area contributed by atoms with Crippen LogP contribution in [0.4, 0.5) is 0 Å². The predicted molar refractivity (Wildman–Crippen MR) is 88.4 cm³/mol. The largest absolute Gasteiger partial charge is 0.492 e. The number of aliphatic hydroxyl groups is 1. The van der Waals surface area contributed by atoms with Crippen LogP contribution >= 0.6 is 0 Å². The molecular formula is C18H32O4. The first-order chi connectivity index (χ1) is 10.3. The Hall–Kier alpha value is -0.840. The zero-order chi connectivity index (χ0) is 16.7. The van der Waals surface area contributed by atoms with Gasteiger partial charge in [-0.2, -0.15) is 0 Å². The van der Waals surface area contributed by atoms with E-state index < -0.39 is 0 Å². The van der Waals surface area contributed by atoms with E-state index in [9.17, 15) is 5.11 Å². The number of rotatable bonds is 8. The molecule has 1 heterocycles. The lowest BCUT2D eigenvalue weighted by Gasteiger charge is -2.37. The van der Waals surface area contributed by atoms with Gasteiger partial charge in [0.1, 0.15) is 5.76 Å². The van der Waals surface area contributed by atoms with Crippen molar-refractivity contribution < 1.29 is 19.3 Å². The van der Waals surface area contributed by atoms with E-state index in [1.54, 1.807) is 0 Å². The van der Waals surface area contributed by atoms with Gasteiger partial charge in [-0.1, -0.05) is 19.6 Å². The normalized spacial score (nSPS) is 30.7. The van der Waals surface area contributed by atoms with E-state index in [-0.39, 0.29) is 36.6 Å². The molecule has 0 aromatic rings. The highest BCUT2D eigenvalue weighted by molar-refractivity contribution is 5.07. The van der Waals surface area contributed by atoms with Crippen molar-refractivity contribution in [2.24, 2.45) is 5.92 Å². The summed E-state index contributed by atoms with van der Waals surface area (Å²) in [6.45, 7) is 13.8. The molecule has 0 spiro atoms. The maximum atomic E-state index is 9.78. The highest BCUT2D eigenvalue weighted by Crippen LogP contribution is 2.27. The quantitative estimate of drug-likeness (QED) is 0.547. The standard InChI is InChI=1S/C18H32O4/c1-12(2)20-14(4)9-7-8-10-15(5)21-18-13(3)11-17(19)16(6)22-18/h7,9,12-13,15-19H,4,8,10-11H2,1-3,5-6H3/b9-7+/t13-,15-,16+,17?,18?/m1/s1. The molecule has 0 amide bonds. The van der Waals surface area contributed by atoms with E-state index in [1.807, 2.05) is 26.8 Å². The van der Waals surface area contributed by atoms with Crippen LogP contribution in [-0.4, -0.2) is 35.8 Å². The van der Waals surface area contributed by atoms with Crippen LogP contribution in [-0.2, 0) is 14.2 Å². The third kappa shape index (κ3) is 6.95. The third-order valence-electron chi connectivity index (χ3n) is 3.77. The van der Waals surface area contributed by atoms with Crippen molar-refractivity contribution in [2.45, 2.75) is 84.6 Å². The summed E-state index contributed by atoms with van der Waals surface area (Å²) in [6.07, 6.45) is 6.00. The molecule has 1 aliphatic heterocycles. The van der Waals surface area contributed by atoms with Crippen LogP contribution in [0.25, 0.3) is 0 Å². The minimum atomic E-state index is -0.389. The molecule has 1 N–H and O–H groups in total. The molecule has 1 fully saturated rings. The van der Waals surface area contributed by atoms with Gasteiger partial charge in [0, 0.05) is 5.92 Å². The van der Waals surface area contributed by atoms with Crippen LogP contribution in [0, 0.1) is 5.92 Å². The fourth-order valence-corrected chi connectivity index (χ4v) is 2.47. The summed E-state index contributed by atoms with van der Waals surface area (Å²) in [6, 6.07) is 0. The van der Waals surface area contributed by atoms with Gasteiger partial charge in [0.2, 0.25) is 0 Å². The highest BCUT2D eigenvalue weighted by Gasteiger charge is 2.33. The van der Waals surface area contributed by atoms with Crippen molar-refractivity contribution in [1.82, 2.24) is 0 Å². The summed E-state index contributed by atoms with van der Waals surface area (Å²) in [5.74, 6) is 0.902. The second-order valence-corrected chi connectivity index (χ2v) is 6.55. The van der Waals surface area contributed by atoms with E-state index in [4.69, 9.17) is 14.2 Å². The molecule has 0 saturated carbocycles. The molecule has 4 heteroatoms. The van der Waals surface area contributed by atoms with Gasteiger partial charge in [-0.3, -0.25) is 0 Å². The van der Waals surface area contributed by atoms with E-state index in [1.165, 1.54) is 0 Å². The molecule has 5 atom stereocenters. The summed E-state index contributed by atoms with van der Waals surface area (Å²) in [5, 5.41) is 9.78. The van der Waals surface area contributed by atoms with Crippen molar-refractivity contribution in [1.29, 1.82) is 0 Å². The first kappa shape index (κ1) is 19.2. The van der Waals surface area contributed by atoms with Crippen molar-refractivity contribution >= 4 is 0 Å². The Balaban J connectivity index is 2.27. The summed E-state index contributed by atoms with van der Waals surface area (Å²) in [5.41, 5.74) is 0. The van der Waals surface area contributed by atoms with Gasteiger partial charge in [-0.25, -0.2) is 0 Å². The summed E-state index contributed by atoms with van der Waals surface area (Å²) < 4.78 is 17.2. The smallest absolute Gasteiger partial charge is 0.161 e. The summed E-state index contributed by atoms with van der Waals surface area (Å²) >= 11 is 0. The van der Waals surface area contributed by atoms with Crippen LogP contribution in [0.5, 0.6) is 0 Å². The Bertz CT molecular complexity index is 364. The molecule has 0 aliphatic carbocycles. The molecule has 0 aromatic heterocycles. The van der Waals surface area contributed by atoms with Crippen LogP contribution < -0.4 is 0 Å². The second-order valence-electron chi connectivity index (χ2n) is 6.55. The average Bonchev–Trinajstić information content (AvgIpc) is 2.40. The fraction of sp³-hybridized carbons (Fsp3) is 0.778. The van der Waals surface area contributed by atoms with Gasteiger partial charge in [0.15, 0.2) is 6.29 Å². The molecule has 2 unspecified atom stereocenters. The maximum absolute atomic E-state index is 9.78. The number of hydrogen-bond acceptors (Lipinski definition) is 4. The fourth-order valence-electron chi connectivity index (χ4n) is 2.47. The van der Waals surface area contributed by atoms with Crippen LogP contribution in [0.15, 0.2) is 24.5 Å². The molecule has 128 valence electrons. The molecule has 0 bridgehead atoms. The lowest BCUT2D eigenvalue weighted by Crippen LogP contribution is -2.44. The Kier molecular flexibility index (Phi) is 8.15. The number of allylic oxidation sites excluding steroid dienone is 2. The van der Waals surface area contributed by atoms with Gasteiger partial charge in [-0.15, -0.1) is 0 Å². The minimum Gasteiger partial charge on any atom is -0.492 e. The molecule has 22 heavy (non-hydrogen) atoms. The van der Waals surface area contributed by atoms with Crippen LogP contribution in [0.1, 0.15) is 53.9 Å². The monoisotopic (exact) mass is 312 g/mol. The number of ether oxygens (including phenoxy) is 3. The van der Waals surface area contributed by atoms with Crippen molar-refractivity contribution in [2.75, 3.05) is 0 Å². The highest BCUT2D eigenvalue weighted by atomic mass is 16.7. The first-order valence-corrected chi connectivity index (χ1v) is 8.30. The zero-order valence-corrected chi connectivity index (χ0v) is 14.6. The third-order valence-corrected chi connectivity index (χ3v) is 3.77. The lowest BCUT2D eigenvalue weighted by molar-refractivity contribution is -0.255. The van der Waals surface area contributed by atoms with Gasteiger partial charge >= 0.3 is 0 Å². The van der Waals surface area contributed by atoms with Gasteiger partial charge in [0.25, 0.3) is 0 Å². The zero-order valence-electron chi connectivity index (χ0n) is 14.6. The van der Waals surface area contributed by atoms with Gasteiger partial charge < -0.3 is 19.3 Å². The van der Waals surface area contributed by atoms with Crippen LogP contribution in [0.3, 0.4) is 0 Å². The van der Waals surface area contributed by atoms with E-state index in [0.717, 1.165) is 19.3 Å². The Morgan fingerprint density at radius 2 is 2.05 bits per heavy atom. The number of hydrogen-bond donors (Lipinski definition) is 1. The number of aliphatic hydroxyl groups excluding tert-OH is 1. The minimum absolute atomic E-state index is 0.110. The van der Waals surface area contributed by atoms with Gasteiger partial charge in [-0.05, 0) is 53.0 Å². The predicted octanol–water partition coefficient (Wildman–Crippen LogP) is 3.80. The maximum Gasteiger partial charge on any atom is 0.161 e. The van der Waals surface area contributed by atoms with E-state index in [0.29, 0.717) is 5.76 Å². The molecule has 0 radical (unpaired) electrons. The Labute approximate surface area is 135 Å². The molecule has 1 saturated heterocycles.